The Kier molecular flexibility index (Phi) is 21.4. The van der Waals surface area contributed by atoms with E-state index in [2.05, 4.69) is 54.5 Å². The Hall–Kier alpha value is -1.91. The van der Waals surface area contributed by atoms with Crippen LogP contribution in [0.4, 0.5) is 0 Å². The molecule has 11 aliphatic rings. The minimum atomic E-state index is -2.39. The molecular weight excluding hydrogens is 1260 g/mol. The lowest BCUT2D eigenvalue weighted by Gasteiger charge is -2.71. The summed E-state index contributed by atoms with van der Waals surface area (Å²) in [5, 5.41) is 185. The first-order chi connectivity index (χ1) is 44.4. The number of allylic oxidation sites excluding steroid dienone is 2. The third kappa shape index (κ3) is 12.8. The van der Waals surface area contributed by atoms with Crippen LogP contribution in [0.15, 0.2) is 11.6 Å². The van der Waals surface area contributed by atoms with E-state index in [4.69, 9.17) is 56.8 Å². The van der Waals surface area contributed by atoms with Gasteiger partial charge in [-0.25, -0.2) is 0 Å². The highest BCUT2D eigenvalue weighted by molar-refractivity contribution is 5.79. The molecule has 4 saturated carbocycles. The number of aliphatic hydroxyl groups excluding tert-OH is 16. The van der Waals surface area contributed by atoms with Crippen LogP contribution in [0.5, 0.6) is 0 Å². The molecule has 30 heteroatoms. The minimum absolute atomic E-state index is 0.129. The van der Waals surface area contributed by atoms with E-state index in [1.54, 1.807) is 0 Å². The zero-order valence-corrected chi connectivity index (χ0v) is 55.5. The van der Waals surface area contributed by atoms with Gasteiger partial charge in [0.2, 0.25) is 6.29 Å². The molecule has 6 saturated heterocycles. The van der Waals surface area contributed by atoms with E-state index in [-0.39, 0.29) is 46.0 Å². The van der Waals surface area contributed by atoms with Gasteiger partial charge in [-0.3, -0.25) is 4.79 Å². The molecule has 0 radical (unpaired) electrons. The molecular formula is C65H106O30. The van der Waals surface area contributed by atoms with Crippen LogP contribution in [0.25, 0.3) is 0 Å². The number of fused-ring (bicyclic) bond motifs is 7. The van der Waals surface area contributed by atoms with Gasteiger partial charge in [-0.2, -0.15) is 0 Å². The van der Waals surface area contributed by atoms with Crippen LogP contribution >= 0.6 is 0 Å². The van der Waals surface area contributed by atoms with Crippen LogP contribution in [0.1, 0.15) is 127 Å². The lowest BCUT2D eigenvalue weighted by Crippen LogP contribution is -2.67. The highest BCUT2D eigenvalue weighted by Gasteiger charge is 2.71. The van der Waals surface area contributed by atoms with E-state index < -0.39 is 221 Å². The lowest BCUT2D eigenvalue weighted by atomic mass is 9.33. The lowest BCUT2D eigenvalue weighted by molar-refractivity contribution is -0.382. The van der Waals surface area contributed by atoms with Gasteiger partial charge in [0, 0.05) is 0 Å². The fourth-order valence-electron chi connectivity index (χ4n) is 19.0. The molecule has 36 atom stereocenters. The van der Waals surface area contributed by atoms with Crippen molar-refractivity contribution < 1.29 is 148 Å². The molecule has 0 aromatic heterocycles. The fraction of sp³-hybridized carbons (Fsp3) is 0.954. The van der Waals surface area contributed by atoms with Crippen LogP contribution in [-0.2, 0) is 61.6 Å². The molecule has 546 valence electrons. The summed E-state index contributed by atoms with van der Waals surface area (Å²) in [6.07, 6.45) is -34.9. The summed E-state index contributed by atoms with van der Waals surface area (Å²) in [6, 6.07) is 0. The van der Waals surface area contributed by atoms with Crippen molar-refractivity contribution in [3.8, 4) is 0 Å². The Morgan fingerprint density at radius 2 is 1.12 bits per heavy atom. The number of hydrogen-bond donors (Lipinski definition) is 17. The predicted octanol–water partition coefficient (Wildman–Crippen LogP) is -3.69. The normalized spacial score (nSPS) is 54.6. The maximum Gasteiger partial charge on any atom is 0.315 e. The van der Waals surface area contributed by atoms with Gasteiger partial charge in [0.05, 0.1) is 56.8 Å². The number of ether oxygens (including phenoxy) is 12. The molecule has 10 fully saturated rings. The Balaban J connectivity index is 0.725. The first-order valence-corrected chi connectivity index (χ1v) is 33.9. The Morgan fingerprint density at radius 3 is 1.75 bits per heavy atom. The Labute approximate surface area is 551 Å². The fourth-order valence-corrected chi connectivity index (χ4v) is 19.0. The van der Waals surface area contributed by atoms with E-state index in [9.17, 15) is 86.8 Å². The van der Waals surface area contributed by atoms with Gasteiger partial charge in [0.15, 0.2) is 31.5 Å². The van der Waals surface area contributed by atoms with Crippen LogP contribution in [-0.4, -0.2) is 303 Å². The van der Waals surface area contributed by atoms with Gasteiger partial charge in [0.1, 0.15) is 122 Å². The van der Waals surface area contributed by atoms with Crippen LogP contribution < -0.4 is 0 Å². The topological polar surface area (TPSA) is 472 Å². The molecule has 17 N–H and O–H groups in total. The number of carbonyl (C=O) groups is 1. The molecule has 30 nitrogen and oxygen atoms in total. The number of carbonyl (C=O) groups excluding carboxylic acids is 1. The number of aliphatic hydroxyl groups is 17. The van der Waals surface area contributed by atoms with E-state index in [0.717, 1.165) is 25.7 Å². The zero-order valence-electron chi connectivity index (χ0n) is 55.5. The number of esters is 1. The second-order valence-electron chi connectivity index (χ2n) is 31.6. The van der Waals surface area contributed by atoms with E-state index in [0.29, 0.717) is 38.5 Å². The third-order valence-corrected chi connectivity index (χ3v) is 25.2. The van der Waals surface area contributed by atoms with Crippen molar-refractivity contribution >= 4 is 5.97 Å². The molecule has 6 aliphatic heterocycles. The average Bonchev–Trinajstić information content (AvgIpc) is 0.676. The molecule has 6 heterocycles. The Morgan fingerprint density at radius 1 is 0.537 bits per heavy atom. The summed E-state index contributed by atoms with van der Waals surface area (Å²) in [5.74, 6) is -0.514. The van der Waals surface area contributed by atoms with Gasteiger partial charge < -0.3 is 144 Å². The SMILES string of the molecule is C[C@@H]1O[C@@H](O[C@H]2[C@H](O[C@H]3CO[C@@H](O[C@H]4CC[C@@]5(C)[C@H](CC[C@]6(C)[C@@H]5CC=C5[C@H]7CC(C)(C)CC[C@]7(C(=O)O[C@@H]7OC[C@](O)(CO[C@@H]8O[C@H](CO)[C@@H](O[C@@H]9O[C@@H](C)[C@H](O)[C@@H](O)[C@H]9O)[C@H](O)[C@H]8O)[C@H](O)[C@H]7O)CC[C@]56C)C4(C)C)[C@H](O)[C@H]3O)O[C@H](CO)[C@@H](O)[C@@H]2O)[C@H](O)[C@H](O)[C@H]1O. The molecule has 11 rings (SSSR count). The molecule has 0 unspecified atom stereocenters. The van der Waals surface area contributed by atoms with Crippen LogP contribution in [0, 0.1) is 50.2 Å². The minimum Gasteiger partial charge on any atom is -0.432 e. The predicted molar refractivity (Wildman–Crippen MR) is 319 cm³/mol. The van der Waals surface area contributed by atoms with Crippen molar-refractivity contribution in [2.24, 2.45) is 50.2 Å². The van der Waals surface area contributed by atoms with Crippen molar-refractivity contribution in [3.63, 3.8) is 0 Å². The van der Waals surface area contributed by atoms with Gasteiger partial charge >= 0.3 is 5.97 Å². The summed E-state index contributed by atoms with van der Waals surface area (Å²) in [4.78, 5) is 15.2. The summed E-state index contributed by atoms with van der Waals surface area (Å²) >= 11 is 0. The van der Waals surface area contributed by atoms with Crippen molar-refractivity contribution in [1.29, 1.82) is 0 Å². The quantitative estimate of drug-likeness (QED) is 0.0426. The largest absolute Gasteiger partial charge is 0.432 e. The first-order valence-electron chi connectivity index (χ1n) is 33.9. The Bertz CT molecular complexity index is 2690. The van der Waals surface area contributed by atoms with Crippen molar-refractivity contribution in [2.75, 3.05) is 33.0 Å². The van der Waals surface area contributed by atoms with Crippen LogP contribution in [0.3, 0.4) is 0 Å². The van der Waals surface area contributed by atoms with E-state index in [1.165, 1.54) is 19.4 Å². The van der Waals surface area contributed by atoms with Gasteiger partial charge in [0.25, 0.3) is 0 Å². The first kappa shape index (κ1) is 74.3. The second kappa shape index (κ2) is 27.4. The van der Waals surface area contributed by atoms with E-state index in [1.807, 2.05) is 0 Å². The molecule has 0 spiro atoms. The summed E-state index contributed by atoms with van der Waals surface area (Å²) in [5.41, 5.74) is -3.65. The smallest absolute Gasteiger partial charge is 0.315 e. The number of rotatable bonds is 15. The second-order valence-corrected chi connectivity index (χ2v) is 31.6. The van der Waals surface area contributed by atoms with E-state index >= 15 is 4.79 Å². The third-order valence-electron chi connectivity index (χ3n) is 25.2. The van der Waals surface area contributed by atoms with Gasteiger partial charge in [-0.1, -0.05) is 60.1 Å². The van der Waals surface area contributed by atoms with Crippen molar-refractivity contribution in [2.45, 2.75) is 304 Å². The summed E-state index contributed by atoms with van der Waals surface area (Å²) < 4.78 is 70.7. The highest BCUT2D eigenvalue weighted by Crippen LogP contribution is 2.76. The van der Waals surface area contributed by atoms with Crippen molar-refractivity contribution in [3.05, 3.63) is 11.6 Å². The average molecular weight is 1370 g/mol. The molecule has 0 amide bonds. The summed E-state index contributed by atoms with van der Waals surface area (Å²) in [6.45, 7) is 15.2. The molecule has 0 aromatic rings. The maximum atomic E-state index is 15.2. The van der Waals surface area contributed by atoms with Crippen LogP contribution in [0.2, 0.25) is 0 Å². The highest BCUT2D eigenvalue weighted by atomic mass is 16.8. The molecule has 0 bridgehead atoms. The molecule has 5 aliphatic carbocycles. The summed E-state index contributed by atoms with van der Waals surface area (Å²) in [7, 11) is 0. The monoisotopic (exact) mass is 1370 g/mol. The van der Waals surface area contributed by atoms with Crippen molar-refractivity contribution in [1.82, 2.24) is 0 Å². The number of hydrogen-bond acceptors (Lipinski definition) is 30. The van der Waals surface area contributed by atoms with Gasteiger partial charge in [-0.15, -0.1) is 0 Å². The molecule has 95 heavy (non-hydrogen) atoms. The standard InChI is InChI=1S/C65H106O30/c1-26-36(68)40(72)45(77)55(87-26)93-49-31(22-67)90-53(47(79)43(49)75)85-24-65(83)25-86-54(48(80)51(65)81)95-58(82)64-18-16-59(3,4)20-29(64)28-10-11-34-61(7)14-13-35(60(5,6)33(61)12-15-63(34,9)62(28,8)17-19-64)92-52-44(76)39(71)32(23-84-52)91-57-50(42(74)38(70)30(21-66)89-57)94-56-46(78)41(73)37(69)27(2)88-56/h10,26-27,29-57,66-81,83H,11-25H2,1-9H3/t26-,27-,29+,30+,31+,32-,33+,34+,35-,36-,37-,38+,39-,40+,41+,42-,43+,44+,45+,46+,47+,48+,49+,50+,51+,52-,53+,54-,55-,56-,57-,61-,62+,63+,64-,65+/m0/s1. The van der Waals surface area contributed by atoms with Gasteiger partial charge in [-0.05, 0) is 123 Å². The zero-order chi connectivity index (χ0) is 69.4. The molecule has 0 aromatic carbocycles. The maximum absolute atomic E-state index is 15.2.